The second-order valence-corrected chi connectivity index (χ2v) is 7.15. The van der Waals surface area contributed by atoms with Crippen molar-refractivity contribution < 1.29 is 32.3 Å². The van der Waals surface area contributed by atoms with Gasteiger partial charge in [0, 0.05) is 11.3 Å². The van der Waals surface area contributed by atoms with Crippen LogP contribution in [0.1, 0.15) is 23.1 Å². The summed E-state index contributed by atoms with van der Waals surface area (Å²) in [5.41, 5.74) is -1.73. The fourth-order valence-corrected chi connectivity index (χ4v) is 3.78. The van der Waals surface area contributed by atoms with Crippen LogP contribution in [0, 0.1) is 11.2 Å². The molecule has 2 amide bonds. The molecule has 1 aliphatic heterocycles. The van der Waals surface area contributed by atoms with Crippen LogP contribution in [0.5, 0.6) is 0 Å². The normalized spacial score (nSPS) is 20.3. The Morgan fingerprint density at radius 1 is 1.13 bits per heavy atom. The number of carboxylic acid groups (broad SMARTS) is 1. The van der Waals surface area contributed by atoms with Crippen LogP contribution in [0.15, 0.2) is 47.6 Å². The highest BCUT2D eigenvalue weighted by atomic mass is 19.4. The van der Waals surface area contributed by atoms with Gasteiger partial charge in [-0.15, -0.1) is 0 Å². The number of hydrazone groups is 1. The van der Waals surface area contributed by atoms with Crippen molar-refractivity contribution in [1.29, 1.82) is 0 Å². The predicted molar refractivity (Wildman–Crippen MR) is 95.9 cm³/mol. The number of hydrogen-bond donors (Lipinski definition) is 1. The second-order valence-electron chi connectivity index (χ2n) is 7.15. The molecular weight excluding hydrogens is 406 g/mol. The van der Waals surface area contributed by atoms with Gasteiger partial charge in [-0.2, -0.15) is 18.3 Å². The van der Waals surface area contributed by atoms with E-state index in [4.69, 9.17) is 0 Å². The molecule has 0 radical (unpaired) electrons. The molecule has 30 heavy (non-hydrogen) atoms. The number of nitrogens with one attached hydrogen (secondary N) is 1. The third-order valence-electron chi connectivity index (χ3n) is 5.36. The van der Waals surface area contributed by atoms with Gasteiger partial charge in [0.1, 0.15) is 5.82 Å². The van der Waals surface area contributed by atoms with Crippen LogP contribution in [0.4, 0.5) is 28.0 Å². The standard InChI is InChI=1S/C20H15F4N3O3/c21-15-3-1-2-14-13(15)8-9-19(17(28)29)10-27(26-16(14)19)18(30)25-12-6-4-11(5-7-12)20(22,23)24/h1-7H,8-10H2,(H,25,30)(H,28,29)/p-1. The summed E-state index contributed by atoms with van der Waals surface area (Å²) in [4.78, 5) is 24.5. The number of carboxylic acids is 1. The van der Waals surface area contributed by atoms with E-state index < -0.39 is 35.0 Å². The lowest BCUT2D eigenvalue weighted by Gasteiger charge is -2.36. The molecule has 10 heteroatoms. The van der Waals surface area contributed by atoms with Gasteiger partial charge in [-0.3, -0.25) is 0 Å². The van der Waals surface area contributed by atoms with Crippen molar-refractivity contribution in [1.82, 2.24) is 5.01 Å². The lowest BCUT2D eigenvalue weighted by Crippen LogP contribution is -2.52. The zero-order valence-electron chi connectivity index (χ0n) is 15.3. The highest BCUT2D eigenvalue weighted by molar-refractivity contribution is 6.18. The van der Waals surface area contributed by atoms with Gasteiger partial charge in [0.05, 0.1) is 29.2 Å². The number of rotatable bonds is 2. The van der Waals surface area contributed by atoms with E-state index in [9.17, 15) is 32.3 Å². The number of carbonyl (C=O) groups is 2. The molecule has 2 aromatic rings. The summed E-state index contributed by atoms with van der Waals surface area (Å²) in [6, 6.07) is 7.18. The smallest absolute Gasteiger partial charge is 0.416 e. The molecule has 0 bridgehead atoms. The van der Waals surface area contributed by atoms with Gasteiger partial charge < -0.3 is 15.2 Å². The van der Waals surface area contributed by atoms with E-state index in [1.807, 2.05) is 0 Å². The first kappa shape index (κ1) is 19.9. The van der Waals surface area contributed by atoms with Crippen LogP contribution in [-0.4, -0.2) is 29.3 Å². The molecule has 0 fully saturated rings. The Hall–Kier alpha value is -3.43. The number of fused-ring (bicyclic) bond motifs is 3. The molecule has 0 saturated heterocycles. The number of urea groups is 1. The fourth-order valence-electron chi connectivity index (χ4n) is 3.78. The fraction of sp³-hybridized carbons (Fsp3) is 0.250. The van der Waals surface area contributed by atoms with E-state index in [2.05, 4.69) is 10.4 Å². The maximum absolute atomic E-state index is 14.1. The summed E-state index contributed by atoms with van der Waals surface area (Å²) < 4.78 is 52.1. The van der Waals surface area contributed by atoms with Crippen molar-refractivity contribution in [2.24, 2.45) is 10.5 Å². The predicted octanol–water partition coefficient (Wildman–Crippen LogP) is 2.78. The number of carbonyl (C=O) groups excluding carboxylic acids is 2. The summed E-state index contributed by atoms with van der Waals surface area (Å²) in [7, 11) is 0. The summed E-state index contributed by atoms with van der Waals surface area (Å²) in [5, 5.41) is 19.3. The molecule has 0 spiro atoms. The van der Waals surface area contributed by atoms with Crippen LogP contribution >= 0.6 is 0 Å². The zero-order valence-corrected chi connectivity index (χ0v) is 15.3. The largest absolute Gasteiger partial charge is 0.549 e. The van der Waals surface area contributed by atoms with E-state index in [-0.39, 0.29) is 30.8 Å². The third kappa shape index (κ3) is 3.17. The maximum Gasteiger partial charge on any atom is 0.416 e. The summed E-state index contributed by atoms with van der Waals surface area (Å²) in [6.45, 7) is -0.326. The molecule has 4 rings (SSSR count). The lowest BCUT2D eigenvalue weighted by molar-refractivity contribution is -0.315. The van der Waals surface area contributed by atoms with E-state index in [0.717, 1.165) is 29.3 Å². The molecule has 1 atom stereocenters. The van der Waals surface area contributed by atoms with E-state index in [1.165, 1.54) is 18.2 Å². The quantitative estimate of drug-likeness (QED) is 0.759. The van der Waals surface area contributed by atoms with Gasteiger partial charge in [-0.1, -0.05) is 12.1 Å². The molecular formula is C20H14F4N3O3-. The molecule has 1 aliphatic carbocycles. The molecule has 1 unspecified atom stereocenters. The van der Waals surface area contributed by atoms with Gasteiger partial charge >= 0.3 is 12.2 Å². The Labute approximate surface area is 167 Å². The topological polar surface area (TPSA) is 84.8 Å². The first-order chi connectivity index (χ1) is 14.1. The van der Waals surface area contributed by atoms with E-state index in [1.54, 1.807) is 0 Å². The van der Waals surface area contributed by atoms with Gasteiger partial charge in [-0.25, -0.2) is 14.2 Å². The highest BCUT2D eigenvalue weighted by Gasteiger charge is 2.49. The number of nitrogens with zero attached hydrogens (tertiary/aromatic N) is 2. The average molecular weight is 420 g/mol. The minimum atomic E-state index is -4.51. The average Bonchev–Trinajstić information content (AvgIpc) is 3.10. The van der Waals surface area contributed by atoms with Crippen LogP contribution in [-0.2, 0) is 17.4 Å². The van der Waals surface area contributed by atoms with Gasteiger partial charge in [-0.05, 0) is 48.7 Å². The summed E-state index contributed by atoms with van der Waals surface area (Å²) in [6.07, 6.45) is -4.36. The molecule has 0 aromatic heterocycles. The molecule has 1 heterocycles. The maximum atomic E-state index is 14.1. The SMILES string of the molecule is O=C(Nc1ccc(C(F)(F)F)cc1)N1CC2(C(=O)[O-])CCc3c(F)cccc3C2=N1. The number of amides is 2. The molecule has 2 aromatic carbocycles. The Bertz CT molecular complexity index is 1070. The second kappa shape index (κ2) is 6.82. The van der Waals surface area contributed by atoms with Gasteiger partial charge in [0.15, 0.2) is 0 Å². The lowest BCUT2D eigenvalue weighted by atomic mass is 9.70. The van der Waals surface area contributed by atoms with Crippen LogP contribution < -0.4 is 10.4 Å². The number of anilines is 1. The zero-order chi connectivity index (χ0) is 21.7. The van der Waals surface area contributed by atoms with Crippen molar-refractivity contribution in [3.05, 3.63) is 65.0 Å². The first-order valence-electron chi connectivity index (χ1n) is 8.96. The van der Waals surface area contributed by atoms with Crippen molar-refractivity contribution in [3.8, 4) is 0 Å². The summed E-state index contributed by atoms with van der Waals surface area (Å²) in [5.74, 6) is -1.92. The number of aliphatic carboxylic acids is 1. The number of halogens is 4. The summed E-state index contributed by atoms with van der Waals surface area (Å²) >= 11 is 0. The molecule has 2 aliphatic rings. The first-order valence-corrected chi connectivity index (χ1v) is 8.96. The minimum absolute atomic E-state index is 0.00611. The van der Waals surface area contributed by atoms with Gasteiger partial charge in [0.2, 0.25) is 0 Å². The van der Waals surface area contributed by atoms with E-state index >= 15 is 0 Å². The Kier molecular flexibility index (Phi) is 4.52. The Morgan fingerprint density at radius 2 is 1.83 bits per heavy atom. The van der Waals surface area contributed by atoms with Crippen molar-refractivity contribution in [3.63, 3.8) is 0 Å². The van der Waals surface area contributed by atoms with E-state index in [0.29, 0.717) is 11.1 Å². The van der Waals surface area contributed by atoms with Crippen LogP contribution in [0.25, 0.3) is 0 Å². The Morgan fingerprint density at radius 3 is 2.47 bits per heavy atom. The highest BCUT2D eigenvalue weighted by Crippen LogP contribution is 2.41. The molecule has 1 N–H and O–H groups in total. The third-order valence-corrected chi connectivity index (χ3v) is 5.36. The van der Waals surface area contributed by atoms with Crippen molar-refractivity contribution in [2.75, 3.05) is 11.9 Å². The molecule has 6 nitrogen and oxygen atoms in total. The Balaban J connectivity index is 1.62. The van der Waals surface area contributed by atoms with Crippen molar-refractivity contribution >= 4 is 23.4 Å². The number of hydrogen-bond acceptors (Lipinski definition) is 4. The molecule has 0 saturated carbocycles. The van der Waals surface area contributed by atoms with Crippen LogP contribution in [0.2, 0.25) is 0 Å². The van der Waals surface area contributed by atoms with Crippen LogP contribution in [0.3, 0.4) is 0 Å². The van der Waals surface area contributed by atoms with Gasteiger partial charge in [0.25, 0.3) is 0 Å². The van der Waals surface area contributed by atoms with Crippen molar-refractivity contribution in [2.45, 2.75) is 19.0 Å². The minimum Gasteiger partial charge on any atom is -0.549 e. The monoisotopic (exact) mass is 420 g/mol. The number of benzene rings is 2. The molecule has 156 valence electrons. The number of alkyl halides is 3.